The van der Waals surface area contributed by atoms with Crippen LogP contribution in [-0.4, -0.2) is 46.7 Å². The topological polar surface area (TPSA) is 87.1 Å². The molecular weight excluding hydrogens is 262 g/mol. The van der Waals surface area contributed by atoms with Crippen molar-refractivity contribution in [1.82, 2.24) is 4.90 Å². The molecule has 2 rings (SSSR count). The zero-order valence-corrected chi connectivity index (χ0v) is 11.2. The average molecular weight is 279 g/mol. The van der Waals surface area contributed by atoms with Crippen molar-refractivity contribution in [3.8, 4) is 11.5 Å². The van der Waals surface area contributed by atoms with Gasteiger partial charge in [0.25, 0.3) is 5.91 Å². The van der Waals surface area contributed by atoms with Crippen LogP contribution in [-0.2, 0) is 9.59 Å². The molecule has 20 heavy (non-hydrogen) atoms. The number of rotatable bonds is 4. The lowest BCUT2D eigenvalue weighted by Crippen LogP contribution is -2.33. The van der Waals surface area contributed by atoms with Gasteiger partial charge in [0.15, 0.2) is 18.1 Å². The number of benzene rings is 1. The Hall–Kier alpha value is -2.24. The number of phenols is 1. The van der Waals surface area contributed by atoms with Gasteiger partial charge in [-0.1, -0.05) is 19.1 Å². The summed E-state index contributed by atoms with van der Waals surface area (Å²) in [5.74, 6) is -1.54. The molecule has 6 nitrogen and oxygen atoms in total. The zero-order valence-electron chi connectivity index (χ0n) is 11.2. The largest absolute Gasteiger partial charge is 0.504 e. The first-order valence-electron chi connectivity index (χ1n) is 6.40. The predicted molar refractivity (Wildman–Crippen MR) is 70.5 cm³/mol. The molecule has 1 aliphatic rings. The van der Waals surface area contributed by atoms with Crippen molar-refractivity contribution < 1.29 is 24.5 Å². The number of likely N-dealkylation sites (tertiary alicyclic amines) is 1. The SMILES string of the molecule is C[C@@H]1CN(C(=O)COc2ccccc2O)C[C@H]1C(=O)O. The Kier molecular flexibility index (Phi) is 4.12. The first kappa shape index (κ1) is 14.2. The summed E-state index contributed by atoms with van der Waals surface area (Å²) in [6, 6.07) is 6.38. The van der Waals surface area contributed by atoms with Gasteiger partial charge in [0.2, 0.25) is 0 Å². The molecule has 0 saturated carbocycles. The predicted octanol–water partition coefficient (Wildman–Crippen LogP) is 0.950. The summed E-state index contributed by atoms with van der Waals surface area (Å²) in [4.78, 5) is 24.5. The summed E-state index contributed by atoms with van der Waals surface area (Å²) in [6.45, 7) is 2.23. The Morgan fingerprint density at radius 1 is 1.35 bits per heavy atom. The molecule has 2 N–H and O–H groups in total. The van der Waals surface area contributed by atoms with Gasteiger partial charge in [-0.3, -0.25) is 9.59 Å². The van der Waals surface area contributed by atoms with Crippen LogP contribution in [0.4, 0.5) is 0 Å². The van der Waals surface area contributed by atoms with E-state index in [-0.39, 0.29) is 36.5 Å². The number of carboxylic acid groups (broad SMARTS) is 1. The van der Waals surface area contributed by atoms with E-state index in [2.05, 4.69) is 0 Å². The number of hydrogen-bond acceptors (Lipinski definition) is 4. The van der Waals surface area contributed by atoms with E-state index in [0.29, 0.717) is 6.54 Å². The van der Waals surface area contributed by atoms with Crippen LogP contribution in [0.15, 0.2) is 24.3 Å². The molecule has 6 heteroatoms. The second-order valence-corrected chi connectivity index (χ2v) is 4.98. The number of carboxylic acids is 1. The van der Waals surface area contributed by atoms with Crippen LogP contribution in [0.2, 0.25) is 0 Å². The molecule has 0 aliphatic carbocycles. The molecular formula is C14H17NO5. The summed E-state index contributed by atoms with van der Waals surface area (Å²) in [5.41, 5.74) is 0. The second kappa shape index (κ2) is 5.81. The molecule has 1 aromatic carbocycles. The molecule has 1 heterocycles. The Bertz CT molecular complexity index is 516. The van der Waals surface area contributed by atoms with Crippen molar-refractivity contribution in [2.24, 2.45) is 11.8 Å². The molecule has 1 aromatic rings. The van der Waals surface area contributed by atoms with Crippen LogP contribution in [0.1, 0.15) is 6.92 Å². The van der Waals surface area contributed by atoms with E-state index in [1.165, 1.54) is 11.0 Å². The van der Waals surface area contributed by atoms with E-state index in [0.717, 1.165) is 0 Å². The highest BCUT2D eigenvalue weighted by atomic mass is 16.5. The maximum atomic E-state index is 12.0. The fraction of sp³-hybridized carbons (Fsp3) is 0.429. The Labute approximate surface area is 116 Å². The van der Waals surface area contributed by atoms with Gasteiger partial charge >= 0.3 is 5.97 Å². The van der Waals surface area contributed by atoms with Crippen molar-refractivity contribution >= 4 is 11.9 Å². The minimum Gasteiger partial charge on any atom is -0.504 e. The molecule has 108 valence electrons. The third-order valence-electron chi connectivity index (χ3n) is 3.50. The molecule has 1 amide bonds. The Balaban J connectivity index is 1.90. The highest BCUT2D eigenvalue weighted by Gasteiger charge is 2.36. The van der Waals surface area contributed by atoms with E-state index in [1.54, 1.807) is 18.2 Å². The lowest BCUT2D eigenvalue weighted by molar-refractivity contribution is -0.142. The van der Waals surface area contributed by atoms with Crippen LogP contribution >= 0.6 is 0 Å². The third-order valence-corrected chi connectivity index (χ3v) is 3.50. The monoisotopic (exact) mass is 279 g/mol. The number of carbonyl (C=O) groups excluding carboxylic acids is 1. The summed E-state index contributed by atoms with van der Waals surface area (Å²) in [6.07, 6.45) is 0. The van der Waals surface area contributed by atoms with Crippen LogP contribution in [0, 0.1) is 11.8 Å². The number of aromatic hydroxyl groups is 1. The fourth-order valence-corrected chi connectivity index (χ4v) is 2.30. The number of nitrogens with zero attached hydrogens (tertiary/aromatic N) is 1. The summed E-state index contributed by atoms with van der Waals surface area (Å²) < 4.78 is 5.25. The van der Waals surface area contributed by atoms with E-state index < -0.39 is 11.9 Å². The van der Waals surface area contributed by atoms with Gasteiger partial charge in [-0.2, -0.15) is 0 Å². The summed E-state index contributed by atoms with van der Waals surface area (Å²) in [7, 11) is 0. The number of hydrogen-bond donors (Lipinski definition) is 2. The van der Waals surface area contributed by atoms with Crippen molar-refractivity contribution in [1.29, 1.82) is 0 Å². The molecule has 0 aromatic heterocycles. The highest BCUT2D eigenvalue weighted by Crippen LogP contribution is 2.26. The smallest absolute Gasteiger partial charge is 0.308 e. The first-order chi connectivity index (χ1) is 9.49. The molecule has 1 saturated heterocycles. The van der Waals surface area contributed by atoms with E-state index in [1.807, 2.05) is 6.92 Å². The van der Waals surface area contributed by atoms with Gasteiger partial charge in [-0.05, 0) is 18.1 Å². The van der Waals surface area contributed by atoms with E-state index in [4.69, 9.17) is 9.84 Å². The maximum absolute atomic E-state index is 12.0. The van der Waals surface area contributed by atoms with Crippen LogP contribution in [0.3, 0.4) is 0 Å². The van der Waals surface area contributed by atoms with Crippen LogP contribution in [0.5, 0.6) is 11.5 Å². The number of carbonyl (C=O) groups is 2. The number of phenolic OH excluding ortho intramolecular Hbond substituents is 1. The summed E-state index contributed by atoms with van der Waals surface area (Å²) >= 11 is 0. The molecule has 0 unspecified atom stereocenters. The molecule has 1 aliphatic heterocycles. The van der Waals surface area contributed by atoms with Gasteiger partial charge in [-0.15, -0.1) is 0 Å². The maximum Gasteiger partial charge on any atom is 0.308 e. The van der Waals surface area contributed by atoms with Gasteiger partial charge < -0.3 is 19.8 Å². The van der Waals surface area contributed by atoms with Gasteiger partial charge in [-0.25, -0.2) is 0 Å². The summed E-state index contributed by atoms with van der Waals surface area (Å²) in [5, 5.41) is 18.5. The molecule has 2 atom stereocenters. The number of aliphatic carboxylic acids is 1. The Morgan fingerprint density at radius 2 is 2.05 bits per heavy atom. The minimum atomic E-state index is -0.880. The fourth-order valence-electron chi connectivity index (χ4n) is 2.30. The van der Waals surface area contributed by atoms with Gasteiger partial charge in [0.1, 0.15) is 0 Å². The molecule has 1 fully saturated rings. The lowest BCUT2D eigenvalue weighted by Gasteiger charge is -2.16. The van der Waals surface area contributed by atoms with Gasteiger partial charge in [0.05, 0.1) is 5.92 Å². The average Bonchev–Trinajstić information content (AvgIpc) is 2.80. The number of ether oxygens (including phenoxy) is 1. The van der Waals surface area contributed by atoms with E-state index >= 15 is 0 Å². The third kappa shape index (κ3) is 3.01. The first-order valence-corrected chi connectivity index (χ1v) is 6.40. The normalized spacial score (nSPS) is 21.8. The van der Waals surface area contributed by atoms with Crippen molar-refractivity contribution in [2.45, 2.75) is 6.92 Å². The molecule has 0 bridgehead atoms. The van der Waals surface area contributed by atoms with Gasteiger partial charge in [0, 0.05) is 13.1 Å². The van der Waals surface area contributed by atoms with Crippen LogP contribution in [0.25, 0.3) is 0 Å². The van der Waals surface area contributed by atoms with E-state index in [9.17, 15) is 14.7 Å². The highest BCUT2D eigenvalue weighted by molar-refractivity contribution is 5.80. The molecule has 0 radical (unpaired) electrons. The standard InChI is InChI=1S/C14H17NO5/c1-9-6-15(7-10(9)14(18)19)13(17)8-20-12-5-3-2-4-11(12)16/h2-5,9-10,16H,6-8H2,1H3,(H,18,19)/t9-,10-/m1/s1. The van der Waals surface area contributed by atoms with Crippen LogP contribution < -0.4 is 4.74 Å². The number of amides is 1. The lowest BCUT2D eigenvalue weighted by atomic mass is 9.99. The molecule has 0 spiro atoms. The van der Waals surface area contributed by atoms with Crippen molar-refractivity contribution in [2.75, 3.05) is 19.7 Å². The minimum absolute atomic E-state index is 0.0292. The zero-order chi connectivity index (χ0) is 14.7. The van der Waals surface area contributed by atoms with Crippen molar-refractivity contribution in [3.05, 3.63) is 24.3 Å². The Morgan fingerprint density at radius 3 is 2.65 bits per heavy atom. The second-order valence-electron chi connectivity index (χ2n) is 4.98. The number of para-hydroxylation sites is 2. The quantitative estimate of drug-likeness (QED) is 0.857. The van der Waals surface area contributed by atoms with Crippen molar-refractivity contribution in [3.63, 3.8) is 0 Å².